The van der Waals surface area contributed by atoms with Crippen LogP contribution in [0, 0.1) is 0 Å². The van der Waals surface area contributed by atoms with Gasteiger partial charge in [0.25, 0.3) is 0 Å². The number of hydrogen-bond acceptors (Lipinski definition) is 2. The third kappa shape index (κ3) is 5.91. The van der Waals surface area contributed by atoms with Gasteiger partial charge in [-0.2, -0.15) is 0 Å². The minimum atomic E-state index is 0.879. The fourth-order valence-corrected chi connectivity index (χ4v) is 8.80. The number of rotatable bonds is 7. The molecule has 2 aromatic heterocycles. The van der Waals surface area contributed by atoms with Gasteiger partial charge in [0.1, 0.15) is 11.2 Å². The molecule has 0 aliphatic rings. The van der Waals surface area contributed by atoms with Crippen LogP contribution in [0.4, 0.5) is 17.1 Å². The summed E-state index contributed by atoms with van der Waals surface area (Å²) in [6, 6.07) is 71.8. The van der Waals surface area contributed by atoms with Crippen molar-refractivity contribution >= 4 is 83.7 Å². The largest absolute Gasteiger partial charge is 0.456 e. The molecule has 3 nitrogen and oxygen atoms in total. The van der Waals surface area contributed by atoms with Crippen LogP contribution < -0.4 is 15.3 Å². The molecule has 9 aromatic carbocycles. The first-order valence-electron chi connectivity index (χ1n) is 20.0. The Hall–Kier alpha value is -7.88. The molecule has 0 fully saturated rings. The summed E-state index contributed by atoms with van der Waals surface area (Å²) < 4.78 is 8.86. The molecule has 59 heavy (non-hydrogen) atoms. The second-order valence-electron chi connectivity index (χ2n) is 15.0. The molecule has 11 rings (SSSR count). The second kappa shape index (κ2) is 14.3. The van der Waals surface area contributed by atoms with Gasteiger partial charge in [-0.25, -0.2) is 0 Å². The van der Waals surface area contributed by atoms with Gasteiger partial charge in [-0.1, -0.05) is 152 Å². The van der Waals surface area contributed by atoms with Crippen molar-refractivity contribution in [3.63, 3.8) is 0 Å². The zero-order valence-electron chi connectivity index (χ0n) is 32.3. The summed E-state index contributed by atoms with van der Waals surface area (Å²) in [6.07, 6.45) is 6.13. The first kappa shape index (κ1) is 34.4. The van der Waals surface area contributed by atoms with E-state index in [0.29, 0.717) is 0 Å². The Labute approximate surface area is 341 Å². The average Bonchev–Trinajstić information content (AvgIpc) is 3.82. The second-order valence-corrected chi connectivity index (χ2v) is 15.0. The number of aromatic nitrogens is 1. The van der Waals surface area contributed by atoms with Crippen LogP contribution in [0.3, 0.4) is 0 Å². The normalized spacial score (nSPS) is 12.3. The zero-order chi connectivity index (χ0) is 39.3. The Bertz CT molecular complexity index is 3480. The number of nitrogens with zero attached hydrogens (tertiary/aromatic N) is 2. The molecule has 3 heteroatoms. The fraction of sp³-hybridized carbons (Fsp3) is 0. The van der Waals surface area contributed by atoms with Crippen molar-refractivity contribution in [2.24, 2.45) is 0 Å². The summed E-state index contributed by atoms with van der Waals surface area (Å²) >= 11 is 0. The van der Waals surface area contributed by atoms with E-state index in [1.54, 1.807) is 0 Å². The van der Waals surface area contributed by atoms with Crippen molar-refractivity contribution in [3.05, 3.63) is 229 Å². The van der Waals surface area contributed by atoms with Crippen molar-refractivity contribution in [1.82, 2.24) is 4.57 Å². The molecule has 11 aromatic rings. The molecule has 0 aliphatic carbocycles. The molecule has 2 heterocycles. The van der Waals surface area contributed by atoms with Crippen molar-refractivity contribution in [1.29, 1.82) is 0 Å². The van der Waals surface area contributed by atoms with Crippen LogP contribution in [-0.2, 0) is 0 Å². The smallest absolute Gasteiger partial charge is 0.136 e. The van der Waals surface area contributed by atoms with Crippen molar-refractivity contribution in [3.8, 4) is 16.8 Å². The highest BCUT2D eigenvalue weighted by Crippen LogP contribution is 2.45. The number of allylic oxidation sites excluding steroid dienone is 1. The van der Waals surface area contributed by atoms with Crippen LogP contribution in [0.15, 0.2) is 217 Å². The van der Waals surface area contributed by atoms with Gasteiger partial charge in [0, 0.05) is 32.8 Å². The van der Waals surface area contributed by atoms with Crippen LogP contribution in [0.5, 0.6) is 0 Å². The Morgan fingerprint density at radius 1 is 0.475 bits per heavy atom. The summed E-state index contributed by atoms with van der Waals surface area (Å²) in [6.45, 7) is 3.94. The van der Waals surface area contributed by atoms with Gasteiger partial charge in [-0.3, -0.25) is 0 Å². The van der Waals surface area contributed by atoms with Crippen LogP contribution >= 0.6 is 0 Å². The van der Waals surface area contributed by atoms with Gasteiger partial charge in [-0.15, -0.1) is 0 Å². The highest BCUT2D eigenvalue weighted by atomic mass is 16.3. The maximum atomic E-state index is 6.45. The SMILES string of the molecule is C=C/C=c1/cccc/c1=C\c1ccc(N(c2ccccc2-c2ccc3oc4cc5ccccc5cc4c3c2)c2ccccc2-n2c3ccccc3c3ccccc32)cc1. The van der Waals surface area contributed by atoms with Crippen LogP contribution in [0.1, 0.15) is 5.56 Å². The third-order valence-electron chi connectivity index (χ3n) is 11.5. The Morgan fingerprint density at radius 2 is 1.08 bits per heavy atom. The maximum Gasteiger partial charge on any atom is 0.136 e. The van der Waals surface area contributed by atoms with E-state index in [1.807, 2.05) is 6.08 Å². The lowest BCUT2D eigenvalue weighted by molar-refractivity contribution is 0.669. The van der Waals surface area contributed by atoms with E-state index in [4.69, 9.17) is 4.42 Å². The molecule has 0 saturated heterocycles. The number of para-hydroxylation sites is 5. The molecule has 278 valence electrons. The van der Waals surface area contributed by atoms with Crippen molar-refractivity contribution in [2.45, 2.75) is 0 Å². The van der Waals surface area contributed by atoms with E-state index in [9.17, 15) is 0 Å². The number of benzene rings is 9. The molecule has 0 radical (unpaired) electrons. The number of hydrogen-bond donors (Lipinski definition) is 0. The standard InChI is InChI=1S/C56H38N2O/c1-2-15-39-16-3-4-17-40(39)34-38-28-31-44(32-29-38)57(53-26-13-14-27-54(53)58-51-24-11-8-21-46(51)47-22-9-12-25-52(47)58)50-23-10-7-20-45(50)43-30-33-55-48(36-43)49-35-41-18-5-6-19-42(41)37-56(49)59-55/h2-37H,1H2/b39-15-,40-34+. The molecule has 0 spiro atoms. The first-order valence-corrected chi connectivity index (χ1v) is 20.0. The van der Waals surface area contributed by atoms with Gasteiger partial charge in [0.2, 0.25) is 0 Å². The van der Waals surface area contributed by atoms with E-state index in [2.05, 4.69) is 228 Å². The minimum absolute atomic E-state index is 0.879. The molecule has 0 unspecified atom stereocenters. The van der Waals surface area contributed by atoms with E-state index >= 15 is 0 Å². The number of fused-ring (bicyclic) bond motifs is 7. The van der Waals surface area contributed by atoms with Crippen molar-refractivity contribution in [2.75, 3.05) is 4.90 Å². The Balaban J connectivity index is 1.14. The summed E-state index contributed by atoms with van der Waals surface area (Å²) in [4.78, 5) is 2.42. The molecule has 0 saturated carbocycles. The molecule has 0 bridgehead atoms. The molecule has 0 N–H and O–H groups in total. The summed E-state index contributed by atoms with van der Waals surface area (Å²) in [5, 5.41) is 9.33. The van der Waals surface area contributed by atoms with E-state index in [0.717, 1.165) is 71.8 Å². The highest BCUT2D eigenvalue weighted by molar-refractivity contribution is 6.12. The van der Waals surface area contributed by atoms with Crippen LogP contribution in [0.2, 0.25) is 0 Å². The molecule has 0 aliphatic heterocycles. The summed E-state index contributed by atoms with van der Waals surface area (Å²) in [5.74, 6) is 0. The summed E-state index contributed by atoms with van der Waals surface area (Å²) in [5.41, 5.74) is 11.7. The van der Waals surface area contributed by atoms with Gasteiger partial charge in [-0.05, 0) is 105 Å². The number of anilines is 3. The van der Waals surface area contributed by atoms with E-state index in [1.165, 1.54) is 32.6 Å². The lowest BCUT2D eigenvalue weighted by Crippen LogP contribution is -2.23. The van der Waals surface area contributed by atoms with Gasteiger partial charge >= 0.3 is 0 Å². The predicted octanol–water partition coefficient (Wildman–Crippen LogP) is 13.8. The van der Waals surface area contributed by atoms with Crippen molar-refractivity contribution < 1.29 is 4.42 Å². The zero-order valence-corrected chi connectivity index (χ0v) is 32.3. The van der Waals surface area contributed by atoms with Gasteiger partial charge in [0.05, 0.1) is 28.1 Å². The van der Waals surface area contributed by atoms with E-state index in [-0.39, 0.29) is 0 Å². The third-order valence-corrected chi connectivity index (χ3v) is 11.5. The maximum absolute atomic E-state index is 6.45. The molecular weight excluding hydrogens is 717 g/mol. The fourth-order valence-electron chi connectivity index (χ4n) is 8.80. The first-order chi connectivity index (χ1) is 29.2. The van der Waals surface area contributed by atoms with Crippen LogP contribution in [-0.4, -0.2) is 4.57 Å². The van der Waals surface area contributed by atoms with Gasteiger partial charge in [0.15, 0.2) is 0 Å². The molecule has 0 atom stereocenters. The average molecular weight is 755 g/mol. The lowest BCUT2D eigenvalue weighted by atomic mass is 9.99. The molecule has 0 amide bonds. The predicted molar refractivity (Wildman–Crippen MR) is 250 cm³/mol. The quantitative estimate of drug-likeness (QED) is 0.162. The van der Waals surface area contributed by atoms with Crippen LogP contribution in [0.25, 0.3) is 83.5 Å². The monoisotopic (exact) mass is 754 g/mol. The highest BCUT2D eigenvalue weighted by Gasteiger charge is 2.23. The Kier molecular flexibility index (Phi) is 8.30. The van der Waals surface area contributed by atoms with E-state index < -0.39 is 0 Å². The number of furan rings is 1. The Morgan fingerprint density at radius 3 is 1.85 bits per heavy atom. The van der Waals surface area contributed by atoms with Gasteiger partial charge < -0.3 is 13.9 Å². The minimum Gasteiger partial charge on any atom is -0.456 e. The summed E-state index contributed by atoms with van der Waals surface area (Å²) in [7, 11) is 0. The molecular formula is C56H38N2O. The lowest BCUT2D eigenvalue weighted by Gasteiger charge is -2.30. The topological polar surface area (TPSA) is 21.3 Å².